The van der Waals surface area contributed by atoms with Crippen molar-refractivity contribution >= 4 is 28.3 Å². The number of hydrogen-bond acceptors (Lipinski definition) is 4. The third kappa shape index (κ3) is 4.65. The van der Waals surface area contributed by atoms with E-state index in [1.54, 1.807) is 0 Å². The summed E-state index contributed by atoms with van der Waals surface area (Å²) < 4.78 is 37.4. The van der Waals surface area contributed by atoms with Crippen LogP contribution in [-0.2, 0) is 9.59 Å². The summed E-state index contributed by atoms with van der Waals surface area (Å²) in [5.74, 6) is -1.97. The SMILES string of the molecule is Cc1ccc(-c2csc(NC(=O)C3CC(=O)N(CC(F)(F)F)C3)n2)c(C)c1. The summed E-state index contributed by atoms with van der Waals surface area (Å²) in [4.78, 5) is 29.1. The van der Waals surface area contributed by atoms with Gasteiger partial charge in [-0.05, 0) is 19.4 Å². The molecule has 2 amide bonds. The van der Waals surface area contributed by atoms with Crippen LogP contribution in [0.25, 0.3) is 11.3 Å². The van der Waals surface area contributed by atoms with E-state index in [0.29, 0.717) is 15.7 Å². The molecule has 3 rings (SSSR count). The number of halogens is 3. The number of hydrogen-bond donors (Lipinski definition) is 1. The Labute approximate surface area is 158 Å². The molecule has 1 fully saturated rings. The Bertz CT molecular complexity index is 879. The Morgan fingerprint density at radius 3 is 2.78 bits per heavy atom. The number of carbonyl (C=O) groups excluding carboxylic acids is 2. The molecule has 1 atom stereocenters. The first kappa shape index (κ1) is 19.3. The first-order chi connectivity index (χ1) is 12.6. The van der Waals surface area contributed by atoms with Crippen LogP contribution in [0.1, 0.15) is 17.5 Å². The van der Waals surface area contributed by atoms with E-state index < -0.39 is 30.5 Å². The molecule has 1 N–H and O–H groups in total. The Morgan fingerprint density at radius 2 is 2.11 bits per heavy atom. The summed E-state index contributed by atoms with van der Waals surface area (Å²) in [6.07, 6.45) is -4.70. The predicted molar refractivity (Wildman–Crippen MR) is 96.4 cm³/mol. The van der Waals surface area contributed by atoms with Gasteiger partial charge in [-0.1, -0.05) is 23.8 Å². The fourth-order valence-corrected chi connectivity index (χ4v) is 3.79. The van der Waals surface area contributed by atoms with Gasteiger partial charge >= 0.3 is 6.18 Å². The molecule has 9 heteroatoms. The number of amides is 2. The Balaban J connectivity index is 1.65. The summed E-state index contributed by atoms with van der Waals surface area (Å²) in [5.41, 5.74) is 3.86. The zero-order chi connectivity index (χ0) is 19.8. The first-order valence-corrected chi connectivity index (χ1v) is 9.19. The molecule has 1 saturated heterocycles. The molecule has 0 aliphatic carbocycles. The highest BCUT2D eigenvalue weighted by Crippen LogP contribution is 2.29. The van der Waals surface area contributed by atoms with Gasteiger partial charge in [0.1, 0.15) is 6.54 Å². The second-order valence-electron chi connectivity index (χ2n) is 6.64. The quantitative estimate of drug-likeness (QED) is 0.854. The van der Waals surface area contributed by atoms with Gasteiger partial charge in [0.15, 0.2) is 5.13 Å². The lowest BCUT2D eigenvalue weighted by Gasteiger charge is -2.18. The van der Waals surface area contributed by atoms with Gasteiger partial charge in [-0.15, -0.1) is 11.3 Å². The number of anilines is 1. The number of nitrogens with zero attached hydrogens (tertiary/aromatic N) is 2. The summed E-state index contributed by atoms with van der Waals surface area (Å²) in [6.45, 7) is 2.40. The van der Waals surface area contributed by atoms with Crippen LogP contribution in [0.4, 0.5) is 18.3 Å². The van der Waals surface area contributed by atoms with E-state index in [9.17, 15) is 22.8 Å². The monoisotopic (exact) mass is 397 g/mol. The molecule has 5 nitrogen and oxygen atoms in total. The van der Waals surface area contributed by atoms with Crippen molar-refractivity contribution in [1.82, 2.24) is 9.88 Å². The van der Waals surface area contributed by atoms with Crippen molar-refractivity contribution in [3.8, 4) is 11.3 Å². The van der Waals surface area contributed by atoms with E-state index in [0.717, 1.165) is 16.7 Å². The van der Waals surface area contributed by atoms with Gasteiger partial charge in [0.25, 0.3) is 0 Å². The zero-order valence-corrected chi connectivity index (χ0v) is 15.6. The topological polar surface area (TPSA) is 62.3 Å². The largest absolute Gasteiger partial charge is 0.406 e. The minimum Gasteiger partial charge on any atom is -0.333 e. The van der Waals surface area contributed by atoms with Crippen molar-refractivity contribution in [3.63, 3.8) is 0 Å². The number of carbonyl (C=O) groups is 2. The van der Waals surface area contributed by atoms with E-state index in [4.69, 9.17) is 0 Å². The highest BCUT2D eigenvalue weighted by molar-refractivity contribution is 7.14. The standard InChI is InChI=1S/C18H18F3N3O2S/c1-10-3-4-13(11(2)5-10)14-8-27-17(22-14)23-16(26)12-6-15(25)24(7-12)9-18(19,20)21/h3-5,8,12H,6-7,9H2,1-2H3,(H,22,23,26). The predicted octanol–water partition coefficient (Wildman–Crippen LogP) is 3.78. The van der Waals surface area contributed by atoms with Gasteiger partial charge in [-0.25, -0.2) is 4.98 Å². The van der Waals surface area contributed by atoms with E-state index in [1.807, 2.05) is 37.4 Å². The van der Waals surface area contributed by atoms with E-state index in [2.05, 4.69) is 10.3 Å². The van der Waals surface area contributed by atoms with E-state index in [-0.39, 0.29) is 13.0 Å². The minimum absolute atomic E-state index is 0.225. The molecule has 144 valence electrons. The molecule has 1 unspecified atom stereocenters. The average Bonchev–Trinajstić information content (AvgIpc) is 3.13. The average molecular weight is 397 g/mol. The van der Waals surface area contributed by atoms with Crippen molar-refractivity contribution < 1.29 is 22.8 Å². The van der Waals surface area contributed by atoms with Gasteiger partial charge in [-0.3, -0.25) is 9.59 Å². The van der Waals surface area contributed by atoms with Gasteiger partial charge in [-0.2, -0.15) is 13.2 Å². The molecule has 27 heavy (non-hydrogen) atoms. The zero-order valence-electron chi connectivity index (χ0n) is 14.8. The van der Waals surface area contributed by atoms with Crippen LogP contribution in [-0.4, -0.2) is 41.0 Å². The lowest BCUT2D eigenvalue weighted by atomic mass is 10.0. The van der Waals surface area contributed by atoms with Crippen LogP contribution in [0, 0.1) is 19.8 Å². The Kier molecular flexibility index (Phi) is 5.23. The molecule has 1 aliphatic heterocycles. The molecule has 2 heterocycles. The van der Waals surface area contributed by atoms with Gasteiger partial charge in [0.05, 0.1) is 11.6 Å². The maximum atomic E-state index is 12.5. The Morgan fingerprint density at radius 1 is 1.37 bits per heavy atom. The summed E-state index contributed by atoms with van der Waals surface area (Å²) in [5, 5.41) is 4.78. The smallest absolute Gasteiger partial charge is 0.333 e. The molecule has 1 aromatic carbocycles. The summed E-state index contributed by atoms with van der Waals surface area (Å²) in [6, 6.07) is 5.96. The number of likely N-dealkylation sites (tertiary alicyclic amines) is 1. The molecule has 0 bridgehead atoms. The van der Waals surface area contributed by atoms with Gasteiger partial charge in [0.2, 0.25) is 11.8 Å². The molecule has 0 spiro atoms. The van der Waals surface area contributed by atoms with Crippen molar-refractivity contribution in [2.45, 2.75) is 26.4 Å². The highest BCUT2D eigenvalue weighted by Gasteiger charge is 2.40. The highest BCUT2D eigenvalue weighted by atomic mass is 32.1. The van der Waals surface area contributed by atoms with Crippen LogP contribution in [0.5, 0.6) is 0 Å². The Hall–Kier alpha value is -2.42. The lowest BCUT2D eigenvalue weighted by molar-refractivity contribution is -0.157. The molecular formula is C18H18F3N3O2S. The third-order valence-corrected chi connectivity index (χ3v) is 5.11. The van der Waals surface area contributed by atoms with E-state index in [1.165, 1.54) is 11.3 Å². The maximum Gasteiger partial charge on any atom is 0.406 e. The molecule has 1 aromatic heterocycles. The second-order valence-corrected chi connectivity index (χ2v) is 7.49. The maximum absolute atomic E-state index is 12.5. The number of aryl methyl sites for hydroxylation is 2. The molecule has 1 aliphatic rings. The lowest BCUT2D eigenvalue weighted by Crippen LogP contribution is -2.36. The van der Waals surface area contributed by atoms with Crippen LogP contribution in [0.2, 0.25) is 0 Å². The number of rotatable bonds is 4. The van der Waals surface area contributed by atoms with E-state index >= 15 is 0 Å². The van der Waals surface area contributed by atoms with Crippen molar-refractivity contribution in [2.24, 2.45) is 5.92 Å². The molecular weight excluding hydrogens is 379 g/mol. The number of benzene rings is 1. The summed E-state index contributed by atoms with van der Waals surface area (Å²) >= 11 is 1.23. The number of thiazole rings is 1. The fraction of sp³-hybridized carbons (Fsp3) is 0.389. The second kappa shape index (κ2) is 7.30. The van der Waals surface area contributed by atoms with Crippen molar-refractivity contribution in [2.75, 3.05) is 18.4 Å². The van der Waals surface area contributed by atoms with Crippen molar-refractivity contribution in [1.29, 1.82) is 0 Å². The van der Waals surface area contributed by atoms with Crippen LogP contribution >= 0.6 is 11.3 Å². The number of aromatic nitrogens is 1. The van der Waals surface area contributed by atoms with Crippen molar-refractivity contribution in [3.05, 3.63) is 34.7 Å². The van der Waals surface area contributed by atoms with Crippen LogP contribution in [0.3, 0.4) is 0 Å². The third-order valence-electron chi connectivity index (χ3n) is 4.35. The number of nitrogens with one attached hydrogen (secondary N) is 1. The summed E-state index contributed by atoms with van der Waals surface area (Å²) in [7, 11) is 0. The van der Waals surface area contributed by atoms with Crippen LogP contribution in [0.15, 0.2) is 23.6 Å². The molecule has 2 aromatic rings. The van der Waals surface area contributed by atoms with Gasteiger partial charge < -0.3 is 10.2 Å². The number of alkyl halides is 3. The fourth-order valence-electron chi connectivity index (χ4n) is 3.08. The first-order valence-electron chi connectivity index (χ1n) is 8.31. The molecule has 0 saturated carbocycles. The van der Waals surface area contributed by atoms with Gasteiger partial charge in [0, 0.05) is 23.9 Å². The minimum atomic E-state index is -4.48. The normalized spacial score (nSPS) is 17.4. The molecule has 0 radical (unpaired) electrons. The van der Waals surface area contributed by atoms with Crippen LogP contribution < -0.4 is 5.32 Å².